The summed E-state index contributed by atoms with van der Waals surface area (Å²) in [5, 5.41) is 0. The zero-order chi connectivity index (χ0) is 20.1. The molecule has 0 saturated carbocycles. The van der Waals surface area contributed by atoms with Crippen molar-refractivity contribution in [2.75, 3.05) is 14.2 Å². The lowest BCUT2D eigenvalue weighted by atomic mass is 10.2. The van der Waals surface area contributed by atoms with E-state index in [1.165, 1.54) is 12.1 Å². The summed E-state index contributed by atoms with van der Waals surface area (Å²) in [5.74, 6) is 1.72. The molecule has 5 nitrogen and oxygen atoms in total. The minimum Gasteiger partial charge on any atom is -0.497 e. The van der Waals surface area contributed by atoms with Crippen LogP contribution in [0.2, 0.25) is 0 Å². The Hall–Kier alpha value is -3.00. The van der Waals surface area contributed by atoms with Crippen LogP contribution in [0.3, 0.4) is 0 Å². The summed E-state index contributed by atoms with van der Waals surface area (Å²) in [6.45, 7) is 0.976. The van der Waals surface area contributed by atoms with Gasteiger partial charge in [-0.15, -0.1) is 13.2 Å². The van der Waals surface area contributed by atoms with Crippen LogP contribution in [0.15, 0.2) is 59.1 Å². The second-order valence-corrected chi connectivity index (χ2v) is 6.21. The van der Waals surface area contributed by atoms with E-state index in [2.05, 4.69) is 9.72 Å². The third-order valence-electron chi connectivity index (χ3n) is 3.94. The van der Waals surface area contributed by atoms with Gasteiger partial charge in [-0.1, -0.05) is 12.1 Å². The quantitative estimate of drug-likeness (QED) is 0.574. The molecule has 0 aliphatic rings. The zero-order valence-electron chi connectivity index (χ0n) is 15.4. The predicted molar refractivity (Wildman–Crippen MR) is 96.8 cm³/mol. The topological polar surface area (TPSA) is 47.7 Å². The summed E-state index contributed by atoms with van der Waals surface area (Å²) in [7, 11) is 3.48. The molecule has 0 spiro atoms. The van der Waals surface area contributed by atoms with Crippen molar-refractivity contribution in [3.8, 4) is 22.8 Å². The number of hydrogen-bond donors (Lipinski definition) is 0. The van der Waals surface area contributed by atoms with Crippen LogP contribution in [0, 0.1) is 0 Å². The van der Waals surface area contributed by atoms with E-state index in [9.17, 15) is 13.2 Å². The van der Waals surface area contributed by atoms with E-state index in [0.29, 0.717) is 24.7 Å². The maximum Gasteiger partial charge on any atom is 0.573 e. The van der Waals surface area contributed by atoms with Gasteiger partial charge in [-0.3, -0.25) is 4.90 Å². The van der Waals surface area contributed by atoms with Crippen LogP contribution in [0.5, 0.6) is 11.5 Å². The molecule has 1 heterocycles. The van der Waals surface area contributed by atoms with Gasteiger partial charge in [-0.05, 0) is 49.0 Å². The van der Waals surface area contributed by atoms with Crippen molar-refractivity contribution in [3.05, 3.63) is 66.2 Å². The Morgan fingerprint density at radius 1 is 0.964 bits per heavy atom. The molecule has 0 aliphatic carbocycles. The lowest BCUT2D eigenvalue weighted by molar-refractivity contribution is -0.274. The van der Waals surface area contributed by atoms with Crippen LogP contribution in [0.1, 0.15) is 11.5 Å². The number of aromatic nitrogens is 1. The molecule has 28 heavy (non-hydrogen) atoms. The van der Waals surface area contributed by atoms with E-state index >= 15 is 0 Å². The average molecular weight is 392 g/mol. The molecule has 0 saturated heterocycles. The highest BCUT2D eigenvalue weighted by Gasteiger charge is 2.30. The molecule has 0 unspecified atom stereocenters. The summed E-state index contributed by atoms with van der Waals surface area (Å²) in [6, 6.07) is 13.2. The lowest BCUT2D eigenvalue weighted by Gasteiger charge is -2.15. The fraction of sp³-hybridized carbons (Fsp3) is 0.250. The summed E-state index contributed by atoms with van der Waals surface area (Å²) in [4.78, 5) is 6.23. The summed E-state index contributed by atoms with van der Waals surface area (Å²) in [5.41, 5.74) is 1.74. The number of methoxy groups -OCH3 is 1. The van der Waals surface area contributed by atoms with Crippen molar-refractivity contribution in [2.45, 2.75) is 19.5 Å². The van der Waals surface area contributed by atoms with E-state index in [1.807, 2.05) is 36.2 Å². The van der Waals surface area contributed by atoms with E-state index in [-0.39, 0.29) is 5.75 Å². The molecule has 0 amide bonds. The van der Waals surface area contributed by atoms with Gasteiger partial charge in [0.05, 0.1) is 19.9 Å². The molecular formula is C20H19F3N2O3. The highest BCUT2D eigenvalue weighted by molar-refractivity contribution is 5.57. The minimum absolute atomic E-state index is 0.240. The Morgan fingerprint density at radius 2 is 1.61 bits per heavy atom. The molecule has 148 valence electrons. The van der Waals surface area contributed by atoms with E-state index in [4.69, 9.17) is 9.15 Å². The monoisotopic (exact) mass is 392 g/mol. The number of ether oxygens (including phenoxy) is 2. The molecule has 0 bridgehead atoms. The number of rotatable bonds is 7. The summed E-state index contributed by atoms with van der Waals surface area (Å²) >= 11 is 0. The molecule has 0 fully saturated rings. The van der Waals surface area contributed by atoms with Gasteiger partial charge >= 0.3 is 6.36 Å². The Labute approximate surface area is 160 Å². The molecule has 3 rings (SSSR count). The van der Waals surface area contributed by atoms with Gasteiger partial charge in [0, 0.05) is 12.1 Å². The summed E-state index contributed by atoms with van der Waals surface area (Å²) < 4.78 is 51.4. The van der Waals surface area contributed by atoms with E-state index in [1.54, 1.807) is 25.4 Å². The van der Waals surface area contributed by atoms with Gasteiger partial charge in [0.1, 0.15) is 11.5 Å². The standard InChI is InChI=1S/C20H19F3N2O3/c1-25(12-14-3-7-17(8-4-14)28-20(21,22)23)13-19-24-11-18(27-19)15-5-9-16(26-2)10-6-15/h3-11H,12-13H2,1-2H3. The van der Waals surface area contributed by atoms with Crippen molar-refractivity contribution < 1.29 is 27.1 Å². The first-order valence-corrected chi connectivity index (χ1v) is 8.45. The van der Waals surface area contributed by atoms with Gasteiger partial charge in [0.25, 0.3) is 0 Å². The minimum atomic E-state index is -4.69. The third-order valence-corrected chi connectivity index (χ3v) is 3.94. The second kappa shape index (κ2) is 8.35. The fourth-order valence-corrected chi connectivity index (χ4v) is 2.67. The van der Waals surface area contributed by atoms with Crippen molar-refractivity contribution in [2.24, 2.45) is 0 Å². The molecule has 0 aliphatic heterocycles. The second-order valence-electron chi connectivity index (χ2n) is 6.21. The Kier molecular flexibility index (Phi) is 5.89. The highest BCUT2D eigenvalue weighted by atomic mass is 19.4. The lowest BCUT2D eigenvalue weighted by Crippen LogP contribution is -2.18. The Morgan fingerprint density at radius 3 is 2.21 bits per heavy atom. The van der Waals surface area contributed by atoms with Crippen molar-refractivity contribution in [1.82, 2.24) is 9.88 Å². The Bertz CT molecular complexity index is 890. The number of oxazole rings is 1. The van der Waals surface area contributed by atoms with Crippen LogP contribution < -0.4 is 9.47 Å². The number of benzene rings is 2. The van der Waals surface area contributed by atoms with Gasteiger partial charge in [0.15, 0.2) is 5.76 Å². The highest BCUT2D eigenvalue weighted by Crippen LogP contribution is 2.25. The molecule has 0 atom stereocenters. The number of halogens is 3. The first-order valence-electron chi connectivity index (χ1n) is 8.45. The number of hydrogen-bond acceptors (Lipinski definition) is 5. The largest absolute Gasteiger partial charge is 0.573 e. The smallest absolute Gasteiger partial charge is 0.497 e. The molecule has 0 N–H and O–H groups in total. The van der Waals surface area contributed by atoms with E-state index < -0.39 is 6.36 Å². The van der Waals surface area contributed by atoms with Crippen LogP contribution in [0.4, 0.5) is 13.2 Å². The van der Waals surface area contributed by atoms with Gasteiger partial charge in [-0.25, -0.2) is 4.98 Å². The fourth-order valence-electron chi connectivity index (χ4n) is 2.67. The van der Waals surface area contributed by atoms with Crippen molar-refractivity contribution in [3.63, 3.8) is 0 Å². The molecule has 8 heteroatoms. The zero-order valence-corrected chi connectivity index (χ0v) is 15.4. The average Bonchev–Trinajstić information content (AvgIpc) is 3.10. The van der Waals surface area contributed by atoms with E-state index in [0.717, 1.165) is 16.9 Å². The number of alkyl halides is 3. The van der Waals surface area contributed by atoms with Crippen molar-refractivity contribution in [1.29, 1.82) is 0 Å². The molecule has 3 aromatic rings. The first-order chi connectivity index (χ1) is 13.3. The predicted octanol–water partition coefficient (Wildman–Crippen LogP) is 4.88. The van der Waals surface area contributed by atoms with Crippen LogP contribution in [-0.2, 0) is 13.1 Å². The number of nitrogens with zero attached hydrogens (tertiary/aromatic N) is 2. The SMILES string of the molecule is COc1ccc(-c2cnc(CN(C)Cc3ccc(OC(F)(F)F)cc3)o2)cc1. The molecular weight excluding hydrogens is 373 g/mol. The van der Waals surface area contributed by atoms with Gasteiger partial charge in [0.2, 0.25) is 5.89 Å². The van der Waals surface area contributed by atoms with Crippen LogP contribution in [0.25, 0.3) is 11.3 Å². The molecule has 0 radical (unpaired) electrons. The maximum atomic E-state index is 12.2. The molecule has 2 aromatic carbocycles. The normalized spacial score (nSPS) is 11.6. The Balaban J connectivity index is 1.57. The van der Waals surface area contributed by atoms with Crippen molar-refractivity contribution >= 4 is 0 Å². The van der Waals surface area contributed by atoms with Gasteiger partial charge in [-0.2, -0.15) is 0 Å². The van der Waals surface area contributed by atoms with Crippen LogP contribution in [-0.4, -0.2) is 30.4 Å². The molecule has 1 aromatic heterocycles. The maximum absolute atomic E-state index is 12.2. The van der Waals surface area contributed by atoms with Crippen LogP contribution >= 0.6 is 0 Å². The first kappa shape index (κ1) is 19.8. The summed E-state index contributed by atoms with van der Waals surface area (Å²) in [6.07, 6.45) is -3.03. The van der Waals surface area contributed by atoms with Gasteiger partial charge < -0.3 is 13.9 Å². The third kappa shape index (κ3) is 5.50.